The third-order valence-electron chi connectivity index (χ3n) is 3.86. The zero-order chi connectivity index (χ0) is 20.9. The number of carbonyl (C=O) groups is 1. The lowest BCUT2D eigenvalue weighted by Gasteiger charge is -2.10. The summed E-state index contributed by atoms with van der Waals surface area (Å²) in [6, 6.07) is 13.1. The SMILES string of the molecule is CCOc1ccc(NS(=O)(=O)c2[nH]ncc2C(=O)Nc2cccc(OC)c2)cc1. The first-order valence-corrected chi connectivity index (χ1v) is 10.2. The highest BCUT2D eigenvalue weighted by atomic mass is 32.2. The Labute approximate surface area is 168 Å². The average Bonchev–Trinajstić information content (AvgIpc) is 3.21. The molecule has 3 N–H and O–H groups in total. The second-order valence-corrected chi connectivity index (χ2v) is 7.48. The predicted molar refractivity (Wildman–Crippen MR) is 108 cm³/mol. The van der Waals surface area contributed by atoms with E-state index in [4.69, 9.17) is 9.47 Å². The molecule has 9 nitrogen and oxygen atoms in total. The number of H-pyrrole nitrogens is 1. The van der Waals surface area contributed by atoms with Gasteiger partial charge in [0.25, 0.3) is 15.9 Å². The van der Waals surface area contributed by atoms with Crippen molar-refractivity contribution in [2.24, 2.45) is 0 Å². The normalized spacial score (nSPS) is 11.0. The van der Waals surface area contributed by atoms with Crippen LogP contribution in [0.5, 0.6) is 11.5 Å². The Balaban J connectivity index is 1.79. The van der Waals surface area contributed by atoms with Crippen molar-refractivity contribution in [2.75, 3.05) is 23.8 Å². The van der Waals surface area contributed by atoms with Gasteiger partial charge in [-0.2, -0.15) is 13.5 Å². The molecule has 0 unspecified atom stereocenters. The molecule has 1 aromatic heterocycles. The molecule has 0 fully saturated rings. The van der Waals surface area contributed by atoms with Crippen LogP contribution in [0.2, 0.25) is 0 Å². The molecule has 0 aliphatic carbocycles. The van der Waals surface area contributed by atoms with Crippen LogP contribution in [-0.2, 0) is 10.0 Å². The van der Waals surface area contributed by atoms with Crippen LogP contribution in [0.15, 0.2) is 59.8 Å². The predicted octanol–water partition coefficient (Wildman–Crippen LogP) is 2.87. The van der Waals surface area contributed by atoms with Gasteiger partial charge >= 0.3 is 0 Å². The van der Waals surface area contributed by atoms with Crippen molar-refractivity contribution >= 4 is 27.3 Å². The summed E-state index contributed by atoms with van der Waals surface area (Å²) in [7, 11) is -2.56. The van der Waals surface area contributed by atoms with E-state index in [1.165, 1.54) is 7.11 Å². The van der Waals surface area contributed by atoms with E-state index in [9.17, 15) is 13.2 Å². The van der Waals surface area contributed by atoms with E-state index < -0.39 is 15.9 Å². The van der Waals surface area contributed by atoms with Gasteiger partial charge < -0.3 is 14.8 Å². The summed E-state index contributed by atoms with van der Waals surface area (Å²) >= 11 is 0. The lowest BCUT2D eigenvalue weighted by Crippen LogP contribution is -2.19. The molecule has 10 heteroatoms. The third-order valence-corrected chi connectivity index (χ3v) is 5.22. The van der Waals surface area contributed by atoms with Crippen LogP contribution >= 0.6 is 0 Å². The topological polar surface area (TPSA) is 122 Å². The standard InChI is InChI=1S/C19H20N4O5S/c1-3-28-15-9-7-13(8-10-15)23-29(25,26)19-17(12-20-22-19)18(24)21-14-5-4-6-16(11-14)27-2/h4-12,23H,3H2,1-2H3,(H,20,22)(H,21,24). The summed E-state index contributed by atoms with van der Waals surface area (Å²) in [4.78, 5) is 12.6. The minimum Gasteiger partial charge on any atom is -0.497 e. The minimum atomic E-state index is -4.07. The maximum atomic E-state index is 12.7. The summed E-state index contributed by atoms with van der Waals surface area (Å²) in [5.74, 6) is 0.550. The van der Waals surface area contributed by atoms with Crippen LogP contribution < -0.4 is 19.5 Å². The van der Waals surface area contributed by atoms with Crippen molar-refractivity contribution in [3.05, 3.63) is 60.3 Å². The minimum absolute atomic E-state index is 0.119. The van der Waals surface area contributed by atoms with E-state index in [0.717, 1.165) is 6.20 Å². The molecule has 0 bridgehead atoms. The van der Waals surface area contributed by atoms with Crippen molar-refractivity contribution in [3.8, 4) is 11.5 Å². The summed E-state index contributed by atoms with van der Waals surface area (Å²) in [5.41, 5.74) is 0.659. The van der Waals surface area contributed by atoms with Crippen LogP contribution in [0.25, 0.3) is 0 Å². The van der Waals surface area contributed by atoms with E-state index >= 15 is 0 Å². The number of aromatic amines is 1. The van der Waals surface area contributed by atoms with E-state index in [2.05, 4.69) is 20.2 Å². The molecule has 29 heavy (non-hydrogen) atoms. The molecule has 152 valence electrons. The highest BCUT2D eigenvalue weighted by Gasteiger charge is 2.25. The van der Waals surface area contributed by atoms with Crippen molar-refractivity contribution < 1.29 is 22.7 Å². The maximum absolute atomic E-state index is 12.7. The number of anilines is 2. The van der Waals surface area contributed by atoms with Crippen molar-refractivity contribution in [2.45, 2.75) is 11.9 Å². The van der Waals surface area contributed by atoms with Gasteiger partial charge in [0, 0.05) is 17.4 Å². The highest BCUT2D eigenvalue weighted by molar-refractivity contribution is 7.92. The molecule has 0 spiro atoms. The first kappa shape index (κ1) is 20.2. The second kappa shape index (κ2) is 8.65. The van der Waals surface area contributed by atoms with Crippen molar-refractivity contribution in [3.63, 3.8) is 0 Å². The fourth-order valence-corrected chi connectivity index (χ4v) is 3.69. The lowest BCUT2D eigenvalue weighted by atomic mass is 10.2. The number of nitrogens with one attached hydrogen (secondary N) is 3. The molecule has 3 rings (SSSR count). The number of hydrogen-bond donors (Lipinski definition) is 3. The zero-order valence-electron chi connectivity index (χ0n) is 15.8. The van der Waals surface area contributed by atoms with Crippen LogP contribution in [-0.4, -0.2) is 38.2 Å². The molecule has 1 heterocycles. The van der Waals surface area contributed by atoms with Crippen LogP contribution in [0, 0.1) is 0 Å². The number of aromatic nitrogens is 2. The van der Waals surface area contributed by atoms with Gasteiger partial charge in [-0.05, 0) is 43.3 Å². The Hall–Kier alpha value is -3.53. The van der Waals surface area contributed by atoms with E-state index in [0.29, 0.717) is 29.5 Å². The molecule has 0 saturated heterocycles. The van der Waals surface area contributed by atoms with Gasteiger partial charge in [0.2, 0.25) is 0 Å². The highest BCUT2D eigenvalue weighted by Crippen LogP contribution is 2.22. The first-order chi connectivity index (χ1) is 13.9. The number of hydrogen-bond acceptors (Lipinski definition) is 6. The number of methoxy groups -OCH3 is 1. The van der Waals surface area contributed by atoms with Crippen LogP contribution in [0.4, 0.5) is 11.4 Å². The van der Waals surface area contributed by atoms with E-state index in [1.807, 2.05) is 6.92 Å². The van der Waals surface area contributed by atoms with Gasteiger partial charge in [0.05, 0.1) is 25.5 Å². The Bertz CT molecular complexity index is 1090. The fraction of sp³-hybridized carbons (Fsp3) is 0.158. The lowest BCUT2D eigenvalue weighted by molar-refractivity contribution is 0.102. The van der Waals surface area contributed by atoms with E-state index in [1.54, 1.807) is 48.5 Å². The van der Waals surface area contributed by atoms with Gasteiger partial charge in [-0.15, -0.1) is 0 Å². The second-order valence-electron chi connectivity index (χ2n) is 5.86. The summed E-state index contributed by atoms with van der Waals surface area (Å²) in [6.07, 6.45) is 1.16. The van der Waals surface area contributed by atoms with Gasteiger partial charge in [0.1, 0.15) is 11.5 Å². The molecular formula is C19H20N4O5S. The number of rotatable bonds is 8. The molecule has 0 atom stereocenters. The summed E-state index contributed by atoms with van der Waals surface area (Å²) < 4.78 is 38.3. The monoisotopic (exact) mass is 416 g/mol. The Kier molecular flexibility index (Phi) is 6.03. The number of benzene rings is 2. The number of sulfonamides is 1. The van der Waals surface area contributed by atoms with Crippen molar-refractivity contribution in [1.82, 2.24) is 10.2 Å². The summed E-state index contributed by atoms with van der Waals surface area (Å²) in [5, 5.41) is 8.38. The smallest absolute Gasteiger partial charge is 0.279 e. The molecule has 0 aliphatic heterocycles. The molecule has 3 aromatic rings. The van der Waals surface area contributed by atoms with Crippen LogP contribution in [0.1, 0.15) is 17.3 Å². The molecule has 0 radical (unpaired) electrons. The largest absolute Gasteiger partial charge is 0.497 e. The third kappa shape index (κ3) is 4.85. The van der Waals surface area contributed by atoms with Crippen molar-refractivity contribution in [1.29, 1.82) is 0 Å². The van der Waals surface area contributed by atoms with Gasteiger partial charge in [-0.1, -0.05) is 6.07 Å². The van der Waals surface area contributed by atoms with E-state index in [-0.39, 0.29) is 10.6 Å². The first-order valence-electron chi connectivity index (χ1n) is 8.67. The fourth-order valence-electron chi connectivity index (χ4n) is 2.53. The molecule has 1 amide bonds. The Morgan fingerprint density at radius 2 is 1.86 bits per heavy atom. The number of carbonyl (C=O) groups excluding carboxylic acids is 1. The zero-order valence-corrected chi connectivity index (χ0v) is 16.6. The number of amides is 1. The number of ether oxygens (including phenoxy) is 2. The Morgan fingerprint density at radius 3 is 2.55 bits per heavy atom. The maximum Gasteiger partial charge on any atom is 0.279 e. The van der Waals surface area contributed by atoms with Gasteiger partial charge in [-0.3, -0.25) is 14.6 Å². The molecular weight excluding hydrogens is 396 g/mol. The molecule has 0 aliphatic rings. The van der Waals surface area contributed by atoms with Crippen LogP contribution in [0.3, 0.4) is 0 Å². The Morgan fingerprint density at radius 1 is 1.10 bits per heavy atom. The molecule has 2 aromatic carbocycles. The average molecular weight is 416 g/mol. The molecule has 0 saturated carbocycles. The summed E-state index contributed by atoms with van der Waals surface area (Å²) in [6.45, 7) is 2.36. The number of nitrogens with zero attached hydrogens (tertiary/aromatic N) is 1. The van der Waals surface area contributed by atoms with Gasteiger partial charge in [0.15, 0.2) is 5.03 Å². The van der Waals surface area contributed by atoms with Gasteiger partial charge in [-0.25, -0.2) is 0 Å². The quantitative estimate of drug-likeness (QED) is 0.519.